The number of rotatable bonds is 15. The number of aliphatic hydroxyl groups is 1. The van der Waals surface area contributed by atoms with E-state index >= 15 is 4.79 Å². The SMILES string of the molecule is COCC(=O)OC1C(=O)[C@]2(C)C(OC(C)(C)SC(C)C)CC3OCC3(OC(C)=O)C2C(OC(=O)c2ccccc2)C2(O)CC(OC(=O)C(OC)C(C)N(C)C)C(C)=C1C2(C)C. The molecule has 1 saturated heterocycles. The zero-order valence-electron chi connectivity index (χ0n) is 38.0. The largest absolute Gasteiger partial charge is 0.456 e. The highest BCUT2D eigenvalue weighted by Crippen LogP contribution is 2.65. The average molecular weight is 876 g/mol. The van der Waals surface area contributed by atoms with Crippen molar-refractivity contribution in [1.82, 2.24) is 4.90 Å². The molecule has 10 unspecified atom stereocenters. The van der Waals surface area contributed by atoms with Gasteiger partial charge < -0.3 is 47.9 Å². The predicted octanol–water partition coefficient (Wildman–Crippen LogP) is 4.70. The molecule has 2 saturated carbocycles. The lowest BCUT2D eigenvalue weighted by atomic mass is 9.44. The molecule has 0 aromatic heterocycles. The second kappa shape index (κ2) is 18.0. The number of methoxy groups -OCH3 is 2. The molecule has 3 fully saturated rings. The summed E-state index contributed by atoms with van der Waals surface area (Å²) in [5.74, 6) is -5.23. The summed E-state index contributed by atoms with van der Waals surface area (Å²) in [6, 6.07) is 7.74. The minimum Gasteiger partial charge on any atom is -0.456 e. The molecule has 61 heavy (non-hydrogen) atoms. The first kappa shape index (κ1) is 48.6. The molecule has 16 heteroatoms. The van der Waals surface area contributed by atoms with Gasteiger partial charge in [-0.1, -0.05) is 45.9 Å². The Morgan fingerprint density at radius 3 is 2.18 bits per heavy atom. The number of likely N-dealkylation sites (N-methyl/N-ethyl adjacent to an activating group) is 1. The van der Waals surface area contributed by atoms with Crippen LogP contribution in [-0.4, -0.2) is 145 Å². The summed E-state index contributed by atoms with van der Waals surface area (Å²) in [6.45, 7) is 16.7. The van der Waals surface area contributed by atoms with Gasteiger partial charge in [-0.15, -0.1) is 11.8 Å². The number of benzene rings is 1. The number of hydrogen-bond donors (Lipinski definition) is 1. The Morgan fingerprint density at radius 1 is 1.02 bits per heavy atom. The Bertz CT molecular complexity index is 1870. The van der Waals surface area contributed by atoms with Crippen LogP contribution in [0.2, 0.25) is 0 Å². The van der Waals surface area contributed by atoms with E-state index in [1.165, 1.54) is 32.9 Å². The van der Waals surface area contributed by atoms with Gasteiger partial charge in [-0.3, -0.25) is 9.59 Å². The maximum atomic E-state index is 16.2. The number of ketones is 1. The molecule has 1 aromatic rings. The maximum Gasteiger partial charge on any atom is 0.338 e. The molecule has 1 N–H and O–H groups in total. The lowest BCUT2D eigenvalue weighted by Crippen LogP contribution is -2.82. The topological polar surface area (TPSA) is 183 Å². The molecule has 2 bridgehead atoms. The van der Waals surface area contributed by atoms with E-state index in [1.54, 1.807) is 83.9 Å². The number of ether oxygens (including phenoxy) is 8. The number of hydrogen-bond acceptors (Lipinski definition) is 16. The Balaban J connectivity index is 1.88. The minimum atomic E-state index is -2.25. The molecule has 340 valence electrons. The number of carbonyl (C=O) groups excluding carboxylic acids is 5. The van der Waals surface area contributed by atoms with Crippen molar-refractivity contribution < 1.29 is 67.0 Å². The molecule has 15 nitrogen and oxygen atoms in total. The second-order valence-electron chi connectivity index (χ2n) is 18.5. The molecule has 0 radical (unpaired) electrons. The van der Waals surface area contributed by atoms with Gasteiger partial charge >= 0.3 is 23.9 Å². The highest BCUT2D eigenvalue weighted by Gasteiger charge is 2.79. The third kappa shape index (κ3) is 8.79. The van der Waals surface area contributed by atoms with Crippen LogP contribution in [0.1, 0.15) is 92.4 Å². The van der Waals surface area contributed by atoms with Crippen LogP contribution in [0.25, 0.3) is 0 Å². The van der Waals surface area contributed by atoms with Gasteiger partial charge in [-0.2, -0.15) is 0 Å². The highest BCUT2D eigenvalue weighted by atomic mass is 32.2. The number of nitrogens with zero attached hydrogens (tertiary/aromatic N) is 1. The Kier molecular flexibility index (Phi) is 14.4. The minimum absolute atomic E-state index is 0.0503. The predicted molar refractivity (Wildman–Crippen MR) is 224 cm³/mol. The van der Waals surface area contributed by atoms with Crippen molar-refractivity contribution in [2.45, 2.75) is 146 Å². The first-order valence-corrected chi connectivity index (χ1v) is 21.7. The first-order valence-electron chi connectivity index (χ1n) is 20.8. The number of Topliss-reactive ketones (excluding diaryl/α,β-unsaturated/α-hetero) is 1. The third-order valence-corrected chi connectivity index (χ3v) is 14.5. The van der Waals surface area contributed by atoms with E-state index in [0.29, 0.717) is 5.57 Å². The monoisotopic (exact) mass is 875 g/mol. The quantitative estimate of drug-likeness (QED) is 0.111. The summed E-state index contributed by atoms with van der Waals surface area (Å²) in [5, 5.41) is 14.1. The second-order valence-corrected chi connectivity index (χ2v) is 20.7. The van der Waals surface area contributed by atoms with E-state index in [1.807, 2.05) is 27.7 Å². The molecule has 1 aromatic carbocycles. The standard InChI is InChI=1S/C45H65NO14S/c1-24(2)61-42(8,9)60-30-20-31-44(23-55-31,59-27(5)47)36-38(58-39(50)28-18-16-15-17-19-28)45(52)21-29(56-40(51)34(54-14)26(4)46(11)12)25(3)33(41(45,6)7)35(37(49)43(30,36)10)57-32(48)22-53-13/h15-19,24,26,29-31,34-36,38,52H,20-23H2,1-14H3/t26?,29?,30?,31?,34?,35?,36?,38?,43-,44?,45?/m1/s1. The summed E-state index contributed by atoms with van der Waals surface area (Å²) >= 11 is 1.52. The van der Waals surface area contributed by atoms with E-state index in [9.17, 15) is 24.3 Å². The van der Waals surface area contributed by atoms with Gasteiger partial charge in [0.2, 0.25) is 0 Å². The van der Waals surface area contributed by atoms with E-state index in [2.05, 4.69) is 0 Å². The van der Waals surface area contributed by atoms with Crippen LogP contribution in [0.5, 0.6) is 0 Å². The molecule has 11 atom stereocenters. The van der Waals surface area contributed by atoms with E-state index in [0.717, 1.165) is 0 Å². The van der Waals surface area contributed by atoms with Crippen molar-refractivity contribution in [3.8, 4) is 0 Å². The molecular formula is C45H65NO14S. The molecule has 1 aliphatic heterocycles. The number of thioether (sulfide) groups is 1. The summed E-state index contributed by atoms with van der Waals surface area (Å²) in [7, 11) is 6.27. The molecule has 5 rings (SSSR count). The van der Waals surface area contributed by atoms with E-state index in [4.69, 9.17) is 37.9 Å². The fourth-order valence-corrected chi connectivity index (χ4v) is 11.5. The fourth-order valence-electron chi connectivity index (χ4n) is 10.2. The molecule has 0 amide bonds. The van der Waals surface area contributed by atoms with Gasteiger partial charge in [-0.25, -0.2) is 14.4 Å². The molecular weight excluding hydrogens is 811 g/mol. The van der Waals surface area contributed by atoms with Crippen molar-refractivity contribution in [3.63, 3.8) is 0 Å². The van der Waals surface area contributed by atoms with Gasteiger partial charge in [0.25, 0.3) is 0 Å². The first-order chi connectivity index (χ1) is 28.3. The lowest BCUT2D eigenvalue weighted by molar-refractivity contribution is -0.351. The fraction of sp³-hybridized carbons (Fsp3) is 0.711. The van der Waals surface area contributed by atoms with Crippen LogP contribution in [0, 0.1) is 16.7 Å². The maximum absolute atomic E-state index is 16.2. The summed E-state index contributed by atoms with van der Waals surface area (Å²) < 4.78 is 49.3. The molecule has 4 aliphatic rings. The molecule has 0 spiro atoms. The van der Waals surface area contributed by atoms with Gasteiger partial charge in [0, 0.05) is 50.7 Å². The van der Waals surface area contributed by atoms with Gasteiger partial charge in [-0.05, 0) is 72.0 Å². The number of fused-ring (bicyclic) bond motifs is 5. The van der Waals surface area contributed by atoms with Crippen molar-refractivity contribution in [2.75, 3.05) is 41.5 Å². The van der Waals surface area contributed by atoms with Crippen molar-refractivity contribution in [2.24, 2.45) is 16.7 Å². The van der Waals surface area contributed by atoms with Crippen LogP contribution in [-0.2, 0) is 57.1 Å². The highest BCUT2D eigenvalue weighted by molar-refractivity contribution is 8.01. The zero-order valence-corrected chi connectivity index (χ0v) is 38.8. The number of carbonyl (C=O) groups is 5. The van der Waals surface area contributed by atoms with E-state index < -0.39 is 112 Å². The zero-order chi connectivity index (χ0) is 45.6. The Labute approximate surface area is 363 Å². The Hall–Kier alpha value is -3.38. The average Bonchev–Trinajstić information content (AvgIpc) is 3.15. The summed E-state index contributed by atoms with van der Waals surface area (Å²) in [5.41, 5.74) is -6.69. The van der Waals surface area contributed by atoms with Gasteiger partial charge in [0.1, 0.15) is 35.5 Å². The normalized spacial score (nSPS) is 33.0. The van der Waals surface area contributed by atoms with Crippen LogP contribution in [0.3, 0.4) is 0 Å². The third-order valence-electron chi connectivity index (χ3n) is 13.3. The van der Waals surface area contributed by atoms with Crippen molar-refractivity contribution >= 4 is 41.4 Å². The summed E-state index contributed by atoms with van der Waals surface area (Å²) in [4.78, 5) is 72.7. The van der Waals surface area contributed by atoms with Gasteiger partial charge in [0.15, 0.2) is 23.6 Å². The van der Waals surface area contributed by atoms with Crippen LogP contribution >= 0.6 is 11.8 Å². The lowest BCUT2D eigenvalue weighted by Gasteiger charge is -2.68. The smallest absolute Gasteiger partial charge is 0.338 e. The Morgan fingerprint density at radius 2 is 1.66 bits per heavy atom. The molecule has 1 heterocycles. The van der Waals surface area contributed by atoms with Crippen molar-refractivity contribution in [1.29, 1.82) is 0 Å². The van der Waals surface area contributed by atoms with E-state index in [-0.39, 0.29) is 35.8 Å². The van der Waals surface area contributed by atoms with Crippen LogP contribution in [0.15, 0.2) is 41.5 Å². The van der Waals surface area contributed by atoms with Crippen LogP contribution < -0.4 is 0 Å². The summed E-state index contributed by atoms with van der Waals surface area (Å²) in [6.07, 6.45) is -7.97. The van der Waals surface area contributed by atoms with Gasteiger partial charge in [0.05, 0.1) is 29.6 Å². The van der Waals surface area contributed by atoms with Crippen molar-refractivity contribution in [3.05, 3.63) is 47.0 Å². The molecule has 3 aliphatic carbocycles. The van der Waals surface area contributed by atoms with Crippen LogP contribution in [0.4, 0.5) is 0 Å². The number of esters is 4.